The third-order valence-corrected chi connectivity index (χ3v) is 4.52. The molecule has 0 aliphatic carbocycles. The molecule has 0 radical (unpaired) electrons. The third-order valence-electron chi connectivity index (χ3n) is 3.15. The van der Waals surface area contributed by atoms with Crippen LogP contribution in [-0.4, -0.2) is 38.8 Å². The zero-order valence-corrected chi connectivity index (χ0v) is 13.6. The molecule has 3 N–H and O–H groups in total. The summed E-state index contributed by atoms with van der Waals surface area (Å²) in [6.07, 6.45) is 0. The number of aromatic hydroxyl groups is 1. The molecule has 0 unspecified atom stereocenters. The number of phenols is 1. The summed E-state index contributed by atoms with van der Waals surface area (Å²) in [5.74, 6) is -1.08. The van der Waals surface area contributed by atoms with E-state index in [1.165, 1.54) is 32.4 Å². The summed E-state index contributed by atoms with van der Waals surface area (Å²) < 4.78 is 37.1. The zero-order chi connectivity index (χ0) is 17.9. The number of aromatic carboxylic acids is 1. The summed E-state index contributed by atoms with van der Waals surface area (Å²) in [5.41, 5.74) is -0.414. The minimum absolute atomic E-state index is 0.139. The van der Waals surface area contributed by atoms with Gasteiger partial charge in [-0.2, -0.15) is 0 Å². The highest BCUT2D eigenvalue weighted by Gasteiger charge is 2.19. The van der Waals surface area contributed by atoms with Crippen LogP contribution in [0.2, 0.25) is 0 Å². The van der Waals surface area contributed by atoms with Gasteiger partial charge in [-0.05, 0) is 30.3 Å². The quantitative estimate of drug-likeness (QED) is 0.678. The van der Waals surface area contributed by atoms with Crippen LogP contribution in [0.1, 0.15) is 10.4 Å². The number of sulfonamides is 1. The van der Waals surface area contributed by atoms with Crippen molar-refractivity contribution < 1.29 is 32.9 Å². The van der Waals surface area contributed by atoms with Gasteiger partial charge in [-0.3, -0.25) is 4.72 Å². The van der Waals surface area contributed by atoms with Gasteiger partial charge in [-0.15, -0.1) is 0 Å². The number of hydrogen-bond acceptors (Lipinski definition) is 6. The molecule has 2 rings (SSSR count). The van der Waals surface area contributed by atoms with E-state index in [1.54, 1.807) is 0 Å². The number of ether oxygens (including phenoxy) is 2. The van der Waals surface area contributed by atoms with Crippen LogP contribution in [0.25, 0.3) is 0 Å². The first kappa shape index (κ1) is 17.4. The van der Waals surface area contributed by atoms with E-state index >= 15 is 0 Å². The van der Waals surface area contributed by atoms with Crippen molar-refractivity contribution in [2.45, 2.75) is 4.90 Å². The molecular formula is C15H15NO7S. The molecule has 2 aromatic carbocycles. The maximum absolute atomic E-state index is 12.4. The molecule has 0 aliphatic rings. The first-order chi connectivity index (χ1) is 11.3. The largest absolute Gasteiger partial charge is 0.506 e. The number of carbonyl (C=O) groups is 1. The van der Waals surface area contributed by atoms with Gasteiger partial charge in [-0.25, -0.2) is 13.2 Å². The van der Waals surface area contributed by atoms with Gasteiger partial charge >= 0.3 is 5.97 Å². The van der Waals surface area contributed by atoms with Crippen molar-refractivity contribution in [3.8, 4) is 17.2 Å². The molecular weight excluding hydrogens is 338 g/mol. The molecule has 0 bridgehead atoms. The van der Waals surface area contributed by atoms with E-state index in [0.29, 0.717) is 5.75 Å². The minimum Gasteiger partial charge on any atom is -0.506 e. The molecule has 2 aromatic rings. The van der Waals surface area contributed by atoms with Gasteiger partial charge in [0.2, 0.25) is 0 Å². The number of hydrogen-bond donors (Lipinski definition) is 3. The lowest BCUT2D eigenvalue weighted by Gasteiger charge is -2.12. The lowest BCUT2D eigenvalue weighted by molar-refractivity contribution is 0.0697. The van der Waals surface area contributed by atoms with E-state index in [1.807, 2.05) is 0 Å². The van der Waals surface area contributed by atoms with Crippen molar-refractivity contribution in [2.24, 2.45) is 0 Å². The Balaban J connectivity index is 2.42. The normalized spacial score (nSPS) is 10.9. The number of rotatable bonds is 6. The highest BCUT2D eigenvalue weighted by atomic mass is 32.2. The predicted octanol–water partition coefficient (Wildman–Crippen LogP) is 1.91. The zero-order valence-electron chi connectivity index (χ0n) is 12.8. The summed E-state index contributed by atoms with van der Waals surface area (Å²) in [6.45, 7) is 0. The van der Waals surface area contributed by atoms with E-state index in [9.17, 15) is 18.3 Å². The van der Waals surface area contributed by atoms with Gasteiger partial charge < -0.3 is 19.7 Å². The van der Waals surface area contributed by atoms with Crippen molar-refractivity contribution >= 4 is 21.7 Å². The Morgan fingerprint density at radius 2 is 1.71 bits per heavy atom. The lowest BCUT2D eigenvalue weighted by atomic mass is 10.2. The average Bonchev–Trinajstić information content (AvgIpc) is 2.55. The average molecular weight is 353 g/mol. The molecule has 0 aliphatic heterocycles. The second-order valence-electron chi connectivity index (χ2n) is 4.66. The van der Waals surface area contributed by atoms with Gasteiger partial charge in [0.25, 0.3) is 10.0 Å². The molecule has 0 heterocycles. The van der Waals surface area contributed by atoms with E-state index in [4.69, 9.17) is 14.6 Å². The molecule has 0 saturated heterocycles. The van der Waals surface area contributed by atoms with Crippen LogP contribution in [0, 0.1) is 0 Å². The molecule has 8 nitrogen and oxygen atoms in total. The van der Waals surface area contributed by atoms with Crippen molar-refractivity contribution in [1.82, 2.24) is 0 Å². The van der Waals surface area contributed by atoms with E-state index in [-0.39, 0.29) is 21.9 Å². The van der Waals surface area contributed by atoms with Crippen LogP contribution in [0.5, 0.6) is 17.2 Å². The predicted molar refractivity (Wildman–Crippen MR) is 85.4 cm³/mol. The van der Waals surface area contributed by atoms with Crippen LogP contribution in [0.4, 0.5) is 5.69 Å². The Hall–Kier alpha value is -2.94. The molecule has 0 saturated carbocycles. The molecule has 0 fully saturated rings. The Morgan fingerprint density at radius 1 is 1.04 bits per heavy atom. The van der Waals surface area contributed by atoms with E-state index in [0.717, 1.165) is 18.2 Å². The standard InChI is InChI=1S/C15H15NO7S/c1-22-13-6-4-10(8-14(13)23-2)24(20,21)16-11-7-9(15(18)19)3-5-12(11)17/h3-8,16-17H,1-2H3,(H,18,19). The van der Waals surface area contributed by atoms with Crippen LogP contribution >= 0.6 is 0 Å². The summed E-state index contributed by atoms with van der Waals surface area (Å²) >= 11 is 0. The van der Waals surface area contributed by atoms with Crippen LogP contribution in [0.3, 0.4) is 0 Å². The Labute approximate surface area is 138 Å². The summed E-state index contributed by atoms with van der Waals surface area (Å²) in [5, 5.41) is 18.7. The first-order valence-corrected chi connectivity index (χ1v) is 8.08. The fraction of sp³-hybridized carbons (Fsp3) is 0.133. The van der Waals surface area contributed by atoms with E-state index < -0.39 is 21.7 Å². The van der Waals surface area contributed by atoms with Crippen molar-refractivity contribution in [1.29, 1.82) is 0 Å². The highest BCUT2D eigenvalue weighted by molar-refractivity contribution is 7.92. The topological polar surface area (TPSA) is 122 Å². The van der Waals surface area contributed by atoms with Gasteiger partial charge in [-0.1, -0.05) is 0 Å². The summed E-state index contributed by atoms with van der Waals surface area (Å²) in [6, 6.07) is 7.24. The molecule has 24 heavy (non-hydrogen) atoms. The number of anilines is 1. The Kier molecular flexibility index (Phi) is 4.84. The summed E-state index contributed by atoms with van der Waals surface area (Å²) in [7, 11) is -1.29. The first-order valence-electron chi connectivity index (χ1n) is 6.59. The van der Waals surface area contributed by atoms with Crippen molar-refractivity contribution in [2.75, 3.05) is 18.9 Å². The fourth-order valence-electron chi connectivity index (χ4n) is 1.94. The van der Waals surface area contributed by atoms with Gasteiger partial charge in [0.05, 0.1) is 30.4 Å². The SMILES string of the molecule is COc1ccc(S(=O)(=O)Nc2cc(C(=O)O)ccc2O)cc1OC. The Morgan fingerprint density at radius 3 is 2.29 bits per heavy atom. The van der Waals surface area contributed by atoms with Crippen LogP contribution in [-0.2, 0) is 10.0 Å². The third kappa shape index (κ3) is 3.51. The molecule has 0 spiro atoms. The number of carboxylic acids is 1. The number of carboxylic acid groups (broad SMARTS) is 1. The Bertz CT molecular complexity index is 877. The van der Waals surface area contributed by atoms with Crippen LogP contribution in [0.15, 0.2) is 41.3 Å². The maximum atomic E-state index is 12.4. The molecule has 0 amide bonds. The smallest absolute Gasteiger partial charge is 0.335 e. The highest BCUT2D eigenvalue weighted by Crippen LogP contribution is 2.32. The molecule has 128 valence electrons. The number of methoxy groups -OCH3 is 2. The second kappa shape index (κ2) is 6.67. The molecule has 0 aromatic heterocycles. The number of nitrogens with one attached hydrogen (secondary N) is 1. The fourth-order valence-corrected chi connectivity index (χ4v) is 3.02. The minimum atomic E-state index is -4.07. The lowest BCUT2D eigenvalue weighted by Crippen LogP contribution is -2.14. The van der Waals surface area contributed by atoms with Gasteiger partial charge in [0.1, 0.15) is 5.75 Å². The monoisotopic (exact) mass is 353 g/mol. The second-order valence-corrected chi connectivity index (χ2v) is 6.34. The van der Waals surface area contributed by atoms with Crippen molar-refractivity contribution in [3.05, 3.63) is 42.0 Å². The molecule has 9 heteroatoms. The van der Waals surface area contributed by atoms with E-state index in [2.05, 4.69) is 4.72 Å². The molecule has 0 atom stereocenters. The van der Waals surface area contributed by atoms with Crippen molar-refractivity contribution in [3.63, 3.8) is 0 Å². The number of phenolic OH excluding ortho intramolecular Hbond substituents is 1. The van der Waals surface area contributed by atoms with Gasteiger partial charge in [0, 0.05) is 6.07 Å². The van der Waals surface area contributed by atoms with Gasteiger partial charge in [0.15, 0.2) is 11.5 Å². The number of benzene rings is 2. The summed E-state index contributed by atoms with van der Waals surface area (Å²) in [4.78, 5) is 10.8. The van der Waals surface area contributed by atoms with Crippen LogP contribution < -0.4 is 14.2 Å². The maximum Gasteiger partial charge on any atom is 0.335 e.